The number of carbonyl (C=O) groups excluding carboxylic acids is 1. The topological polar surface area (TPSA) is 64.1 Å². The number of nitrogens with one attached hydrogen (secondary N) is 1. The summed E-state index contributed by atoms with van der Waals surface area (Å²) in [4.78, 5) is 21.2. The molecule has 3 aliphatic rings. The third kappa shape index (κ3) is 2.65. The smallest absolute Gasteiger partial charge is 0.270 e. The average molecular weight is 315 g/mol. The number of hydrogen-bond acceptors (Lipinski definition) is 4. The number of rotatable bonds is 3. The van der Waals surface area contributed by atoms with Crippen molar-refractivity contribution in [2.45, 2.75) is 58.1 Å². The molecule has 0 unspecified atom stereocenters. The van der Waals surface area contributed by atoms with E-state index in [1.165, 1.54) is 25.7 Å². The summed E-state index contributed by atoms with van der Waals surface area (Å²) in [5, 5.41) is 3.28. The first-order valence-corrected chi connectivity index (χ1v) is 8.88. The molecule has 1 aliphatic heterocycles. The van der Waals surface area contributed by atoms with Crippen molar-refractivity contribution >= 4 is 5.91 Å². The zero-order valence-electron chi connectivity index (χ0n) is 13.9. The molecule has 2 aliphatic carbocycles. The monoisotopic (exact) mass is 315 g/mol. The van der Waals surface area contributed by atoms with E-state index in [0.29, 0.717) is 35.4 Å². The maximum absolute atomic E-state index is 12.7. The van der Waals surface area contributed by atoms with Gasteiger partial charge in [-0.2, -0.15) is 0 Å². The maximum atomic E-state index is 12.7. The zero-order chi connectivity index (χ0) is 16.0. The molecule has 0 spiro atoms. The predicted octanol–water partition coefficient (Wildman–Crippen LogP) is 2.42. The molecule has 0 bridgehead atoms. The summed E-state index contributed by atoms with van der Waals surface area (Å²) in [6, 6.07) is 2.03. The van der Waals surface area contributed by atoms with Gasteiger partial charge in [-0.1, -0.05) is 25.7 Å². The summed E-state index contributed by atoms with van der Waals surface area (Å²) in [7, 11) is 0. The van der Waals surface area contributed by atoms with Crippen LogP contribution in [-0.4, -0.2) is 34.6 Å². The second kappa shape index (κ2) is 5.86. The molecule has 4 atom stereocenters. The van der Waals surface area contributed by atoms with Gasteiger partial charge in [-0.25, -0.2) is 9.97 Å². The first kappa shape index (κ1) is 15.1. The van der Waals surface area contributed by atoms with Crippen molar-refractivity contribution in [2.75, 3.05) is 6.61 Å². The molecule has 1 aromatic heterocycles. The van der Waals surface area contributed by atoms with E-state index in [1.807, 2.05) is 13.8 Å². The van der Waals surface area contributed by atoms with Crippen molar-refractivity contribution < 1.29 is 9.53 Å². The average Bonchev–Trinajstić information content (AvgIpc) is 3.14. The Labute approximate surface area is 137 Å². The van der Waals surface area contributed by atoms with Crippen LogP contribution >= 0.6 is 0 Å². The van der Waals surface area contributed by atoms with Gasteiger partial charge in [-0.05, 0) is 32.3 Å². The van der Waals surface area contributed by atoms with Gasteiger partial charge in [0.2, 0.25) is 0 Å². The molecule has 1 amide bonds. The summed E-state index contributed by atoms with van der Waals surface area (Å²) in [5.41, 5.74) is 1.33. The van der Waals surface area contributed by atoms with Gasteiger partial charge < -0.3 is 10.1 Å². The van der Waals surface area contributed by atoms with Crippen LogP contribution in [0.2, 0.25) is 0 Å². The second-order valence-electron chi connectivity index (χ2n) is 7.35. The molecular weight excluding hydrogens is 290 g/mol. The molecule has 2 heterocycles. The van der Waals surface area contributed by atoms with Crippen LogP contribution in [0.4, 0.5) is 0 Å². The summed E-state index contributed by atoms with van der Waals surface area (Å²) in [5.74, 6) is 2.30. The quantitative estimate of drug-likeness (QED) is 0.930. The van der Waals surface area contributed by atoms with E-state index in [2.05, 4.69) is 15.3 Å². The number of aryl methyl sites for hydroxylation is 2. The molecule has 5 heteroatoms. The third-order valence-electron chi connectivity index (χ3n) is 5.88. The Kier molecular flexibility index (Phi) is 3.84. The number of ether oxygens (including phenoxy) is 1. The van der Waals surface area contributed by atoms with Gasteiger partial charge in [0.15, 0.2) is 0 Å². The molecule has 1 N–H and O–H groups in total. The molecule has 0 radical (unpaired) electrons. The maximum Gasteiger partial charge on any atom is 0.270 e. The third-order valence-corrected chi connectivity index (χ3v) is 5.88. The number of carbonyl (C=O) groups is 1. The van der Waals surface area contributed by atoms with Crippen LogP contribution in [0.5, 0.6) is 0 Å². The Morgan fingerprint density at radius 3 is 2.74 bits per heavy atom. The van der Waals surface area contributed by atoms with Crippen LogP contribution in [0.1, 0.15) is 54.1 Å². The van der Waals surface area contributed by atoms with Crippen molar-refractivity contribution in [3.8, 4) is 0 Å². The molecular formula is C18H25N3O2. The fraction of sp³-hybridized carbons (Fsp3) is 0.722. The second-order valence-corrected chi connectivity index (χ2v) is 7.35. The fourth-order valence-electron chi connectivity index (χ4n) is 4.92. The van der Waals surface area contributed by atoms with Crippen LogP contribution in [0.3, 0.4) is 0 Å². The summed E-state index contributed by atoms with van der Waals surface area (Å²) in [6.07, 6.45) is 6.66. The Morgan fingerprint density at radius 1 is 1.22 bits per heavy atom. The van der Waals surface area contributed by atoms with Crippen LogP contribution in [0.25, 0.3) is 0 Å². The van der Waals surface area contributed by atoms with Crippen molar-refractivity contribution in [1.29, 1.82) is 0 Å². The first-order valence-electron chi connectivity index (χ1n) is 8.88. The van der Waals surface area contributed by atoms with Gasteiger partial charge >= 0.3 is 0 Å². The number of nitrogens with zero attached hydrogens (tertiary/aromatic N) is 2. The van der Waals surface area contributed by atoms with Gasteiger partial charge in [-0.15, -0.1) is 0 Å². The fourth-order valence-corrected chi connectivity index (χ4v) is 4.92. The number of aromatic nitrogens is 2. The zero-order valence-corrected chi connectivity index (χ0v) is 13.9. The highest BCUT2D eigenvalue weighted by molar-refractivity contribution is 5.92. The number of amides is 1. The highest BCUT2D eigenvalue weighted by atomic mass is 16.5. The van der Waals surface area contributed by atoms with E-state index < -0.39 is 0 Å². The Balaban J connectivity index is 1.50. The molecule has 2 saturated carbocycles. The molecule has 1 saturated heterocycles. The lowest BCUT2D eigenvalue weighted by Crippen LogP contribution is -2.63. The Morgan fingerprint density at radius 2 is 2.00 bits per heavy atom. The van der Waals surface area contributed by atoms with Gasteiger partial charge in [0.25, 0.3) is 5.91 Å². The van der Waals surface area contributed by atoms with Gasteiger partial charge in [0.1, 0.15) is 11.5 Å². The lowest BCUT2D eigenvalue weighted by atomic mass is 9.61. The van der Waals surface area contributed by atoms with Crippen LogP contribution in [-0.2, 0) is 4.74 Å². The molecule has 1 aromatic rings. The van der Waals surface area contributed by atoms with Gasteiger partial charge in [0, 0.05) is 30.2 Å². The van der Waals surface area contributed by atoms with E-state index in [4.69, 9.17) is 4.74 Å². The number of hydrogen-bond donors (Lipinski definition) is 1. The highest BCUT2D eigenvalue weighted by Crippen LogP contribution is 2.51. The summed E-state index contributed by atoms with van der Waals surface area (Å²) in [6.45, 7) is 4.57. The summed E-state index contributed by atoms with van der Waals surface area (Å²) >= 11 is 0. The lowest BCUT2D eigenvalue weighted by Gasteiger charge is -2.50. The van der Waals surface area contributed by atoms with E-state index in [9.17, 15) is 4.79 Å². The molecule has 0 aromatic carbocycles. The van der Waals surface area contributed by atoms with Crippen LogP contribution in [0.15, 0.2) is 6.07 Å². The predicted molar refractivity (Wildman–Crippen MR) is 86.1 cm³/mol. The van der Waals surface area contributed by atoms with Crippen molar-refractivity contribution in [3.63, 3.8) is 0 Å². The molecule has 3 fully saturated rings. The number of fused-ring (bicyclic) bond motifs is 1. The Hall–Kier alpha value is -1.49. The molecule has 23 heavy (non-hydrogen) atoms. The lowest BCUT2D eigenvalue weighted by molar-refractivity contribution is -0.0784. The van der Waals surface area contributed by atoms with Gasteiger partial charge in [0.05, 0.1) is 6.10 Å². The normalized spacial score (nSPS) is 33.3. The van der Waals surface area contributed by atoms with E-state index >= 15 is 0 Å². The standard InChI is InChI=1S/C18H25N3O2/c1-10-9-14(20-11(2)19-10)18(22)21-16-13-7-8-23-17(13)15(16)12-5-3-4-6-12/h9,12-13,15-17H,3-8H2,1-2H3,(H,21,22)/t13-,15+,16+,17-/m0/s1. The van der Waals surface area contributed by atoms with Crippen LogP contribution in [0, 0.1) is 31.6 Å². The minimum absolute atomic E-state index is 0.0584. The highest BCUT2D eigenvalue weighted by Gasteiger charge is 2.57. The molecule has 5 nitrogen and oxygen atoms in total. The van der Waals surface area contributed by atoms with Crippen LogP contribution < -0.4 is 5.32 Å². The van der Waals surface area contributed by atoms with Crippen molar-refractivity contribution in [3.05, 3.63) is 23.3 Å². The van der Waals surface area contributed by atoms with Crippen molar-refractivity contribution in [2.24, 2.45) is 17.8 Å². The van der Waals surface area contributed by atoms with Gasteiger partial charge in [-0.3, -0.25) is 4.79 Å². The van der Waals surface area contributed by atoms with E-state index in [0.717, 1.165) is 18.7 Å². The Bertz CT molecular complexity index is 587. The first-order chi connectivity index (χ1) is 11.1. The SMILES string of the molecule is Cc1cc(C(=O)N[C@@H]2[C@@H]3CCO[C@@H]3[C@@H]2C2CCCC2)nc(C)n1. The summed E-state index contributed by atoms with van der Waals surface area (Å²) < 4.78 is 5.96. The minimum atomic E-state index is -0.0584. The minimum Gasteiger partial charge on any atom is -0.377 e. The van der Waals surface area contributed by atoms with Crippen molar-refractivity contribution in [1.82, 2.24) is 15.3 Å². The van der Waals surface area contributed by atoms with E-state index in [-0.39, 0.29) is 11.9 Å². The largest absolute Gasteiger partial charge is 0.377 e. The molecule has 4 rings (SSSR count). The van der Waals surface area contributed by atoms with E-state index in [1.54, 1.807) is 6.07 Å². The molecule has 124 valence electrons.